The molecule has 1 aromatic rings. The third-order valence-electron chi connectivity index (χ3n) is 2.82. The van der Waals surface area contributed by atoms with Gasteiger partial charge in [-0.05, 0) is 38.5 Å². The van der Waals surface area contributed by atoms with Crippen LogP contribution in [0.1, 0.15) is 27.2 Å². The molecule has 18 heavy (non-hydrogen) atoms. The Morgan fingerprint density at radius 1 is 1.33 bits per heavy atom. The molecule has 1 N–H and O–H groups in total. The maximum absolute atomic E-state index is 11.1. The molecule has 0 aliphatic carbocycles. The predicted molar refractivity (Wildman–Crippen MR) is 71.6 cm³/mol. The number of ketones is 1. The Kier molecular flexibility index (Phi) is 5.10. The summed E-state index contributed by atoms with van der Waals surface area (Å²) < 4.78 is 5.56. The fourth-order valence-electron chi connectivity index (χ4n) is 1.29. The Morgan fingerprint density at radius 3 is 2.50 bits per heavy atom. The second-order valence-electron chi connectivity index (χ2n) is 4.69. The van der Waals surface area contributed by atoms with Gasteiger partial charge in [-0.15, -0.1) is 0 Å². The van der Waals surface area contributed by atoms with Crippen molar-refractivity contribution in [1.29, 1.82) is 0 Å². The number of ether oxygens (including phenoxy) is 1. The van der Waals surface area contributed by atoms with Crippen LogP contribution < -0.4 is 4.74 Å². The summed E-state index contributed by atoms with van der Waals surface area (Å²) in [5, 5.41) is 9.79. The van der Waals surface area contributed by atoms with Gasteiger partial charge in [0.25, 0.3) is 0 Å². The van der Waals surface area contributed by atoms with Crippen molar-refractivity contribution in [3.63, 3.8) is 0 Å². The molecule has 1 rings (SSSR count). The van der Waals surface area contributed by atoms with Crippen molar-refractivity contribution in [2.24, 2.45) is 0 Å². The highest BCUT2D eigenvalue weighted by Crippen LogP contribution is 2.14. The number of benzene rings is 1. The lowest BCUT2D eigenvalue weighted by molar-refractivity contribution is -0.133. The van der Waals surface area contributed by atoms with E-state index >= 15 is 0 Å². The van der Waals surface area contributed by atoms with Gasteiger partial charge in [0.15, 0.2) is 5.78 Å². The molecule has 1 atom stereocenters. The van der Waals surface area contributed by atoms with E-state index in [1.807, 2.05) is 43.3 Å². The van der Waals surface area contributed by atoms with Crippen LogP contribution in [0.15, 0.2) is 42.0 Å². The quantitative estimate of drug-likeness (QED) is 0.787. The number of carbonyl (C=O) groups excluding carboxylic acids is 1. The molecule has 0 saturated heterocycles. The lowest BCUT2D eigenvalue weighted by Crippen LogP contribution is -2.32. The van der Waals surface area contributed by atoms with Crippen molar-refractivity contribution < 1.29 is 14.6 Å². The van der Waals surface area contributed by atoms with Crippen LogP contribution in [-0.2, 0) is 4.79 Å². The van der Waals surface area contributed by atoms with Gasteiger partial charge in [-0.3, -0.25) is 4.79 Å². The molecule has 0 fully saturated rings. The minimum Gasteiger partial charge on any atom is -0.489 e. The summed E-state index contributed by atoms with van der Waals surface area (Å²) >= 11 is 0. The van der Waals surface area contributed by atoms with Crippen LogP contribution in [0.5, 0.6) is 5.75 Å². The molecule has 0 aliphatic heterocycles. The number of Topliss-reactive ketones (excluding diaryl/α,β-unsaturated/α-hetero) is 1. The number of hydrogen-bond acceptors (Lipinski definition) is 3. The summed E-state index contributed by atoms with van der Waals surface area (Å²) in [6, 6.07) is 9.53. The molecule has 3 nitrogen and oxygen atoms in total. The van der Waals surface area contributed by atoms with Gasteiger partial charge in [0, 0.05) is 6.42 Å². The smallest absolute Gasteiger partial charge is 0.161 e. The SMILES string of the molecule is CC(=O)[C@](C)(O)C/C=C(\C)COc1ccccc1. The largest absolute Gasteiger partial charge is 0.489 e. The Hall–Kier alpha value is -1.61. The van der Waals surface area contributed by atoms with E-state index in [0.29, 0.717) is 13.0 Å². The summed E-state index contributed by atoms with van der Waals surface area (Å²) in [4.78, 5) is 11.1. The van der Waals surface area contributed by atoms with Crippen molar-refractivity contribution in [2.45, 2.75) is 32.8 Å². The highest BCUT2D eigenvalue weighted by molar-refractivity contribution is 5.84. The average Bonchev–Trinajstić information content (AvgIpc) is 2.35. The van der Waals surface area contributed by atoms with E-state index in [1.54, 1.807) is 0 Å². The van der Waals surface area contributed by atoms with E-state index < -0.39 is 5.60 Å². The monoisotopic (exact) mass is 248 g/mol. The Balaban J connectivity index is 2.46. The number of para-hydroxylation sites is 1. The number of rotatable bonds is 6. The standard InChI is InChI=1S/C15H20O3/c1-12(9-10-15(3,17)13(2)16)11-18-14-7-5-4-6-8-14/h4-9,17H,10-11H2,1-3H3/b12-9+/t15-/m1/s1. The van der Waals surface area contributed by atoms with E-state index in [0.717, 1.165) is 11.3 Å². The highest BCUT2D eigenvalue weighted by Gasteiger charge is 2.24. The van der Waals surface area contributed by atoms with Crippen LogP contribution in [-0.4, -0.2) is 23.1 Å². The maximum atomic E-state index is 11.1. The molecular weight excluding hydrogens is 228 g/mol. The third kappa shape index (κ3) is 4.72. The van der Waals surface area contributed by atoms with E-state index in [2.05, 4.69) is 0 Å². The Bertz CT molecular complexity index is 419. The Labute approximate surface area is 108 Å². The lowest BCUT2D eigenvalue weighted by Gasteiger charge is -2.17. The maximum Gasteiger partial charge on any atom is 0.161 e. The zero-order chi connectivity index (χ0) is 13.6. The molecular formula is C15H20O3. The fourth-order valence-corrected chi connectivity index (χ4v) is 1.29. The van der Waals surface area contributed by atoms with E-state index in [9.17, 15) is 9.90 Å². The zero-order valence-corrected chi connectivity index (χ0v) is 11.1. The van der Waals surface area contributed by atoms with Crippen molar-refractivity contribution >= 4 is 5.78 Å². The van der Waals surface area contributed by atoms with Gasteiger partial charge in [-0.2, -0.15) is 0 Å². The summed E-state index contributed by atoms with van der Waals surface area (Å²) in [6.07, 6.45) is 2.15. The first-order valence-electron chi connectivity index (χ1n) is 5.99. The van der Waals surface area contributed by atoms with Gasteiger partial charge in [0.05, 0.1) is 0 Å². The minimum atomic E-state index is -1.28. The highest BCUT2D eigenvalue weighted by atomic mass is 16.5. The molecule has 0 aliphatic rings. The first-order chi connectivity index (χ1) is 8.42. The van der Waals surface area contributed by atoms with Gasteiger partial charge in [-0.25, -0.2) is 0 Å². The number of hydrogen-bond donors (Lipinski definition) is 1. The van der Waals surface area contributed by atoms with Gasteiger partial charge in [0.1, 0.15) is 18.0 Å². The third-order valence-corrected chi connectivity index (χ3v) is 2.82. The van der Waals surface area contributed by atoms with Crippen LogP contribution in [0.25, 0.3) is 0 Å². The van der Waals surface area contributed by atoms with Gasteiger partial charge < -0.3 is 9.84 Å². The molecule has 3 heteroatoms. The van der Waals surface area contributed by atoms with Crippen LogP contribution >= 0.6 is 0 Å². The summed E-state index contributed by atoms with van der Waals surface area (Å²) in [6.45, 7) is 5.29. The summed E-state index contributed by atoms with van der Waals surface area (Å²) in [5.41, 5.74) is -0.297. The van der Waals surface area contributed by atoms with Gasteiger partial charge >= 0.3 is 0 Å². The lowest BCUT2D eigenvalue weighted by atomic mass is 9.97. The molecule has 0 bridgehead atoms. The van der Waals surface area contributed by atoms with Crippen molar-refractivity contribution in [2.75, 3.05) is 6.61 Å². The second-order valence-corrected chi connectivity index (χ2v) is 4.69. The van der Waals surface area contributed by atoms with Crippen LogP contribution in [0.2, 0.25) is 0 Å². The van der Waals surface area contributed by atoms with Crippen LogP contribution in [0, 0.1) is 0 Å². The van der Waals surface area contributed by atoms with Crippen LogP contribution in [0.3, 0.4) is 0 Å². The second kappa shape index (κ2) is 6.36. The van der Waals surface area contributed by atoms with Gasteiger partial charge in [-0.1, -0.05) is 24.3 Å². The molecule has 0 radical (unpaired) electrons. The molecule has 0 aromatic heterocycles. The number of carbonyl (C=O) groups is 1. The summed E-state index contributed by atoms with van der Waals surface area (Å²) in [5.74, 6) is 0.583. The first kappa shape index (κ1) is 14.5. The predicted octanol–water partition coefficient (Wildman–Crippen LogP) is 2.74. The molecule has 0 saturated carbocycles. The Morgan fingerprint density at radius 2 is 1.94 bits per heavy atom. The molecule has 0 heterocycles. The topological polar surface area (TPSA) is 46.5 Å². The van der Waals surface area contributed by atoms with Crippen molar-refractivity contribution in [3.8, 4) is 5.75 Å². The molecule has 0 spiro atoms. The zero-order valence-electron chi connectivity index (χ0n) is 11.1. The summed E-state index contributed by atoms with van der Waals surface area (Å²) in [7, 11) is 0. The fraction of sp³-hybridized carbons (Fsp3) is 0.400. The van der Waals surface area contributed by atoms with Crippen molar-refractivity contribution in [3.05, 3.63) is 42.0 Å². The minimum absolute atomic E-state index is 0.226. The normalized spacial score (nSPS) is 15.0. The van der Waals surface area contributed by atoms with E-state index in [1.165, 1.54) is 13.8 Å². The van der Waals surface area contributed by atoms with E-state index in [4.69, 9.17) is 4.74 Å². The molecule has 0 amide bonds. The average molecular weight is 248 g/mol. The van der Waals surface area contributed by atoms with E-state index in [-0.39, 0.29) is 5.78 Å². The van der Waals surface area contributed by atoms with Crippen LogP contribution in [0.4, 0.5) is 0 Å². The first-order valence-corrected chi connectivity index (χ1v) is 5.99. The number of aliphatic hydroxyl groups is 1. The molecule has 98 valence electrons. The molecule has 0 unspecified atom stereocenters. The van der Waals surface area contributed by atoms with Gasteiger partial charge in [0.2, 0.25) is 0 Å². The van der Waals surface area contributed by atoms with Crippen molar-refractivity contribution in [1.82, 2.24) is 0 Å². The molecule has 1 aromatic carbocycles.